The predicted octanol–water partition coefficient (Wildman–Crippen LogP) is 4.40. The van der Waals surface area contributed by atoms with Gasteiger partial charge in [-0.25, -0.2) is 0 Å². The Morgan fingerprint density at radius 3 is 2.63 bits per heavy atom. The number of ether oxygens (including phenoxy) is 1. The zero-order valence-electron chi connectivity index (χ0n) is 15.2. The molecule has 0 radical (unpaired) electrons. The van der Waals surface area contributed by atoms with Crippen LogP contribution in [0, 0.1) is 6.92 Å². The van der Waals surface area contributed by atoms with E-state index in [2.05, 4.69) is 10.6 Å². The Hall–Kier alpha value is -3.06. The average molecular weight is 384 g/mol. The van der Waals surface area contributed by atoms with Crippen LogP contribution in [0.3, 0.4) is 0 Å². The quantitative estimate of drug-likeness (QED) is 0.660. The van der Waals surface area contributed by atoms with Gasteiger partial charge in [-0.15, -0.1) is 11.3 Å². The van der Waals surface area contributed by atoms with E-state index < -0.39 is 0 Å². The molecule has 140 valence electrons. The number of methoxy groups -OCH3 is 1. The highest BCUT2D eigenvalue weighted by molar-refractivity contribution is 7.18. The summed E-state index contributed by atoms with van der Waals surface area (Å²) in [5.74, 6) is 0.390. The van der Waals surface area contributed by atoms with Crippen molar-refractivity contribution in [1.29, 1.82) is 0 Å². The SMILES string of the molecule is COc1ccccc1[C@@H](C)NC(=O)c1sc(NC(=O)c2ccco2)cc1C. The van der Waals surface area contributed by atoms with Crippen LogP contribution in [0.2, 0.25) is 0 Å². The Balaban J connectivity index is 1.71. The lowest BCUT2D eigenvalue weighted by Crippen LogP contribution is -2.26. The standard InChI is InChI=1S/C20H20N2O4S/c1-12-11-17(22-19(23)16-9-6-10-26-16)27-18(12)20(24)21-13(2)14-7-4-5-8-15(14)25-3/h4-11,13H,1-3H3,(H,21,24)(H,22,23)/t13-/m1/s1. The third kappa shape index (κ3) is 4.20. The summed E-state index contributed by atoms with van der Waals surface area (Å²) in [7, 11) is 1.60. The van der Waals surface area contributed by atoms with E-state index in [-0.39, 0.29) is 23.6 Å². The van der Waals surface area contributed by atoms with Gasteiger partial charge in [0.1, 0.15) is 5.75 Å². The number of hydrogen-bond donors (Lipinski definition) is 2. The van der Waals surface area contributed by atoms with E-state index in [0.29, 0.717) is 9.88 Å². The van der Waals surface area contributed by atoms with Crippen molar-refractivity contribution in [3.63, 3.8) is 0 Å². The molecule has 1 aromatic carbocycles. The van der Waals surface area contributed by atoms with Crippen molar-refractivity contribution in [2.24, 2.45) is 0 Å². The number of hydrogen-bond acceptors (Lipinski definition) is 5. The molecule has 0 unspecified atom stereocenters. The minimum atomic E-state index is -0.351. The Labute approximate surface area is 161 Å². The number of para-hydroxylation sites is 1. The first-order valence-electron chi connectivity index (χ1n) is 8.38. The summed E-state index contributed by atoms with van der Waals surface area (Å²) < 4.78 is 10.4. The van der Waals surface area contributed by atoms with Gasteiger partial charge < -0.3 is 19.8 Å². The number of carbonyl (C=O) groups excluding carboxylic acids is 2. The van der Waals surface area contributed by atoms with Crippen LogP contribution in [-0.4, -0.2) is 18.9 Å². The number of benzene rings is 1. The van der Waals surface area contributed by atoms with Gasteiger partial charge in [0.2, 0.25) is 0 Å². The van der Waals surface area contributed by atoms with Gasteiger partial charge in [-0.2, -0.15) is 0 Å². The van der Waals surface area contributed by atoms with Gasteiger partial charge in [-0.1, -0.05) is 18.2 Å². The lowest BCUT2D eigenvalue weighted by molar-refractivity contribution is 0.0942. The third-order valence-corrected chi connectivity index (χ3v) is 5.21. The van der Waals surface area contributed by atoms with Crippen LogP contribution in [0.1, 0.15) is 44.3 Å². The molecule has 27 heavy (non-hydrogen) atoms. The highest BCUT2D eigenvalue weighted by Crippen LogP contribution is 2.29. The maximum Gasteiger partial charge on any atom is 0.291 e. The Morgan fingerprint density at radius 2 is 1.93 bits per heavy atom. The molecule has 6 nitrogen and oxygen atoms in total. The fraction of sp³-hybridized carbons (Fsp3) is 0.200. The molecule has 0 aliphatic carbocycles. The third-order valence-electron chi connectivity index (χ3n) is 4.06. The molecular formula is C20H20N2O4S. The van der Waals surface area contributed by atoms with E-state index in [1.807, 2.05) is 38.1 Å². The van der Waals surface area contributed by atoms with Crippen LogP contribution in [0.15, 0.2) is 53.1 Å². The van der Waals surface area contributed by atoms with E-state index in [0.717, 1.165) is 16.9 Å². The summed E-state index contributed by atoms with van der Waals surface area (Å²) in [5, 5.41) is 6.32. The topological polar surface area (TPSA) is 80.6 Å². The molecule has 3 aromatic rings. The summed E-state index contributed by atoms with van der Waals surface area (Å²) in [5.41, 5.74) is 1.69. The highest BCUT2D eigenvalue weighted by Gasteiger charge is 2.19. The van der Waals surface area contributed by atoms with Gasteiger partial charge in [0.05, 0.1) is 29.3 Å². The van der Waals surface area contributed by atoms with Crippen molar-refractivity contribution in [1.82, 2.24) is 5.32 Å². The van der Waals surface area contributed by atoms with E-state index in [1.165, 1.54) is 17.6 Å². The fourth-order valence-corrected chi connectivity index (χ4v) is 3.69. The van der Waals surface area contributed by atoms with Gasteiger partial charge in [0.25, 0.3) is 11.8 Å². The first-order chi connectivity index (χ1) is 13.0. The van der Waals surface area contributed by atoms with Crippen molar-refractivity contribution < 1.29 is 18.7 Å². The van der Waals surface area contributed by atoms with Gasteiger partial charge in [0.15, 0.2) is 5.76 Å². The molecule has 1 atom stereocenters. The summed E-state index contributed by atoms with van der Waals surface area (Å²) in [6.07, 6.45) is 1.44. The van der Waals surface area contributed by atoms with Crippen molar-refractivity contribution in [2.75, 3.05) is 12.4 Å². The Bertz CT molecular complexity index is 947. The van der Waals surface area contributed by atoms with Crippen LogP contribution in [0.5, 0.6) is 5.75 Å². The molecule has 2 N–H and O–H groups in total. The molecule has 0 spiro atoms. The molecule has 7 heteroatoms. The first-order valence-corrected chi connectivity index (χ1v) is 9.20. The number of thiophene rings is 1. The maximum absolute atomic E-state index is 12.7. The Morgan fingerprint density at radius 1 is 1.15 bits per heavy atom. The number of furan rings is 1. The normalized spacial score (nSPS) is 11.7. The number of aryl methyl sites for hydroxylation is 1. The minimum Gasteiger partial charge on any atom is -0.496 e. The number of nitrogens with one attached hydrogen (secondary N) is 2. The molecule has 0 fully saturated rings. The molecule has 0 aliphatic rings. The first kappa shape index (κ1) is 18.7. The minimum absolute atomic E-state index is 0.200. The monoisotopic (exact) mass is 384 g/mol. The van der Waals surface area contributed by atoms with E-state index in [1.54, 1.807) is 25.3 Å². The summed E-state index contributed by atoms with van der Waals surface area (Å²) in [4.78, 5) is 25.3. The summed E-state index contributed by atoms with van der Waals surface area (Å²) in [6.45, 7) is 3.74. The molecule has 0 saturated carbocycles. The van der Waals surface area contributed by atoms with Crippen molar-refractivity contribution >= 4 is 28.2 Å². The number of carbonyl (C=O) groups is 2. The summed E-state index contributed by atoms with van der Waals surface area (Å²) in [6, 6.07) is 12.3. The van der Waals surface area contributed by atoms with Crippen molar-refractivity contribution in [2.45, 2.75) is 19.9 Å². The molecule has 2 aromatic heterocycles. The second kappa shape index (κ2) is 8.09. The molecule has 0 bridgehead atoms. The van der Waals surface area contributed by atoms with Gasteiger partial charge in [-0.05, 0) is 43.7 Å². The number of rotatable bonds is 6. The molecule has 0 aliphatic heterocycles. The van der Waals surface area contributed by atoms with Crippen LogP contribution >= 0.6 is 11.3 Å². The van der Waals surface area contributed by atoms with Gasteiger partial charge in [-0.3, -0.25) is 9.59 Å². The van der Waals surface area contributed by atoms with Gasteiger partial charge in [0, 0.05) is 5.56 Å². The lowest BCUT2D eigenvalue weighted by Gasteiger charge is -2.17. The predicted molar refractivity (Wildman–Crippen MR) is 105 cm³/mol. The van der Waals surface area contributed by atoms with Crippen molar-refractivity contribution in [3.05, 3.63) is 70.5 Å². The van der Waals surface area contributed by atoms with Crippen LogP contribution < -0.4 is 15.4 Å². The molecular weight excluding hydrogens is 364 g/mol. The summed E-state index contributed by atoms with van der Waals surface area (Å²) >= 11 is 1.22. The second-order valence-electron chi connectivity index (χ2n) is 5.99. The molecule has 3 rings (SSSR count). The largest absolute Gasteiger partial charge is 0.496 e. The van der Waals surface area contributed by atoms with Gasteiger partial charge >= 0.3 is 0 Å². The average Bonchev–Trinajstić information content (AvgIpc) is 3.31. The Kier molecular flexibility index (Phi) is 5.61. The van der Waals surface area contributed by atoms with Crippen LogP contribution in [0.25, 0.3) is 0 Å². The van der Waals surface area contributed by atoms with Crippen LogP contribution in [0.4, 0.5) is 5.00 Å². The zero-order valence-corrected chi connectivity index (χ0v) is 16.1. The highest BCUT2D eigenvalue weighted by atomic mass is 32.1. The maximum atomic E-state index is 12.7. The zero-order chi connectivity index (χ0) is 19.4. The van der Waals surface area contributed by atoms with E-state index in [4.69, 9.17) is 9.15 Å². The van der Waals surface area contributed by atoms with E-state index >= 15 is 0 Å². The lowest BCUT2D eigenvalue weighted by atomic mass is 10.1. The molecule has 0 saturated heterocycles. The number of anilines is 1. The van der Waals surface area contributed by atoms with E-state index in [9.17, 15) is 9.59 Å². The number of amides is 2. The van der Waals surface area contributed by atoms with Crippen LogP contribution in [-0.2, 0) is 0 Å². The van der Waals surface area contributed by atoms with Crippen molar-refractivity contribution in [3.8, 4) is 5.75 Å². The molecule has 2 amide bonds. The second-order valence-corrected chi connectivity index (χ2v) is 7.04. The smallest absolute Gasteiger partial charge is 0.291 e. The molecule has 2 heterocycles. The fourth-order valence-electron chi connectivity index (χ4n) is 2.71.